The molecule has 0 saturated carbocycles. The van der Waals surface area contributed by atoms with Gasteiger partial charge in [-0.1, -0.05) is 48.5 Å². The van der Waals surface area contributed by atoms with Gasteiger partial charge >= 0.3 is 0 Å². The lowest BCUT2D eigenvalue weighted by atomic mass is 10.1. The molecular formula is C22H29N3O4S. The Labute approximate surface area is 178 Å². The second kappa shape index (κ2) is 9.75. The fourth-order valence-corrected chi connectivity index (χ4v) is 4.31. The van der Waals surface area contributed by atoms with Gasteiger partial charge in [-0.15, -0.1) is 0 Å². The third kappa shape index (κ3) is 5.60. The van der Waals surface area contributed by atoms with Crippen molar-refractivity contribution in [1.82, 2.24) is 10.2 Å². The Morgan fingerprint density at radius 3 is 2.07 bits per heavy atom. The van der Waals surface area contributed by atoms with E-state index in [1.165, 1.54) is 11.9 Å². The van der Waals surface area contributed by atoms with Crippen LogP contribution in [0, 0.1) is 13.8 Å². The Morgan fingerprint density at radius 1 is 1.00 bits per heavy atom. The van der Waals surface area contributed by atoms with Gasteiger partial charge < -0.3 is 10.2 Å². The molecule has 0 aromatic heterocycles. The molecule has 0 bridgehead atoms. The van der Waals surface area contributed by atoms with E-state index >= 15 is 0 Å². The van der Waals surface area contributed by atoms with Gasteiger partial charge in [-0.05, 0) is 37.5 Å². The Hall–Kier alpha value is -2.87. The summed E-state index contributed by atoms with van der Waals surface area (Å²) in [5.74, 6) is -0.778. The van der Waals surface area contributed by atoms with Gasteiger partial charge in [0, 0.05) is 13.6 Å². The number of anilines is 1. The van der Waals surface area contributed by atoms with Gasteiger partial charge in [0.25, 0.3) is 0 Å². The van der Waals surface area contributed by atoms with Crippen molar-refractivity contribution in [3.05, 3.63) is 65.2 Å². The minimum Gasteiger partial charge on any atom is -0.357 e. The molecule has 1 N–H and O–H groups in total. The predicted octanol–water partition coefficient (Wildman–Crippen LogP) is 2.23. The fourth-order valence-electron chi connectivity index (χ4n) is 3.35. The number of hydrogen-bond donors (Lipinski definition) is 1. The number of carbonyl (C=O) groups excluding carboxylic acids is 2. The summed E-state index contributed by atoms with van der Waals surface area (Å²) in [6.07, 6.45) is 1.08. The molecule has 0 heterocycles. The largest absolute Gasteiger partial charge is 0.357 e. The van der Waals surface area contributed by atoms with Crippen LogP contribution in [-0.4, -0.2) is 51.0 Å². The maximum Gasteiger partial charge on any atom is 0.244 e. The van der Waals surface area contributed by atoms with Gasteiger partial charge in [0.2, 0.25) is 21.8 Å². The highest BCUT2D eigenvalue weighted by Crippen LogP contribution is 2.27. The number of amides is 2. The van der Waals surface area contributed by atoms with Crippen molar-refractivity contribution in [2.45, 2.75) is 33.4 Å². The molecule has 0 spiro atoms. The van der Waals surface area contributed by atoms with Crippen LogP contribution in [0.2, 0.25) is 0 Å². The van der Waals surface area contributed by atoms with Gasteiger partial charge in [0.15, 0.2) is 0 Å². The average Bonchev–Trinajstić information content (AvgIpc) is 2.69. The Morgan fingerprint density at radius 2 is 1.57 bits per heavy atom. The van der Waals surface area contributed by atoms with Crippen LogP contribution < -0.4 is 9.62 Å². The van der Waals surface area contributed by atoms with E-state index in [1.54, 1.807) is 32.9 Å². The Balaban J connectivity index is 2.43. The van der Waals surface area contributed by atoms with E-state index < -0.39 is 28.5 Å². The number of nitrogens with zero attached hydrogens (tertiary/aromatic N) is 2. The molecule has 0 aliphatic carbocycles. The lowest BCUT2D eigenvalue weighted by molar-refractivity contribution is -0.139. The molecule has 30 heavy (non-hydrogen) atoms. The molecule has 2 amide bonds. The first-order valence-electron chi connectivity index (χ1n) is 9.65. The number of nitrogens with one attached hydrogen (secondary N) is 1. The molecule has 0 radical (unpaired) electrons. The number of benzene rings is 2. The van der Waals surface area contributed by atoms with Gasteiger partial charge in [-0.2, -0.15) is 0 Å². The van der Waals surface area contributed by atoms with Crippen LogP contribution in [0.15, 0.2) is 48.5 Å². The Kier molecular flexibility index (Phi) is 7.61. The minimum absolute atomic E-state index is 0.193. The summed E-state index contributed by atoms with van der Waals surface area (Å²) in [5, 5.41) is 2.55. The first-order chi connectivity index (χ1) is 14.1. The highest BCUT2D eigenvalue weighted by Gasteiger charge is 2.30. The highest BCUT2D eigenvalue weighted by molar-refractivity contribution is 7.92. The predicted molar refractivity (Wildman–Crippen MR) is 119 cm³/mol. The third-order valence-electron chi connectivity index (χ3n) is 4.98. The molecule has 0 aliphatic rings. The fraction of sp³-hybridized carbons (Fsp3) is 0.364. The number of likely N-dealkylation sites (N-methyl/N-ethyl adjacent to an activating group) is 1. The minimum atomic E-state index is -3.73. The smallest absolute Gasteiger partial charge is 0.244 e. The SMILES string of the molecule is CNC(=O)C(C)N(Cc1ccccc1)C(=O)CN(c1c(C)cccc1C)S(C)(=O)=O. The van der Waals surface area contributed by atoms with Gasteiger partial charge in [-0.25, -0.2) is 8.42 Å². The zero-order valence-corrected chi connectivity index (χ0v) is 18.9. The standard InChI is InChI=1S/C22H29N3O4S/c1-16-10-9-11-17(2)21(16)25(30(5,28)29)15-20(26)24(18(3)22(27)23-4)14-19-12-7-6-8-13-19/h6-13,18H,14-15H2,1-5H3,(H,23,27). The molecule has 1 atom stereocenters. The summed E-state index contributed by atoms with van der Waals surface area (Å²) in [4.78, 5) is 27.0. The van der Waals surface area contributed by atoms with Crippen molar-refractivity contribution >= 4 is 27.5 Å². The van der Waals surface area contributed by atoms with Crippen molar-refractivity contribution in [2.75, 3.05) is 24.2 Å². The molecule has 7 nitrogen and oxygen atoms in total. The van der Waals surface area contributed by atoms with Gasteiger partial charge in [0.1, 0.15) is 12.6 Å². The van der Waals surface area contributed by atoms with Gasteiger partial charge in [0.05, 0.1) is 11.9 Å². The van der Waals surface area contributed by atoms with Crippen LogP contribution in [0.3, 0.4) is 0 Å². The summed E-state index contributed by atoms with van der Waals surface area (Å²) in [7, 11) is -2.23. The van der Waals surface area contributed by atoms with Crippen molar-refractivity contribution in [1.29, 1.82) is 0 Å². The summed E-state index contributed by atoms with van der Waals surface area (Å²) < 4.78 is 26.3. The zero-order valence-electron chi connectivity index (χ0n) is 18.0. The topological polar surface area (TPSA) is 86.8 Å². The number of rotatable bonds is 8. The highest BCUT2D eigenvalue weighted by atomic mass is 32.2. The lowest BCUT2D eigenvalue weighted by Crippen LogP contribution is -2.50. The summed E-state index contributed by atoms with van der Waals surface area (Å²) in [6, 6.07) is 14.0. The monoisotopic (exact) mass is 431 g/mol. The van der Waals surface area contributed by atoms with E-state index in [-0.39, 0.29) is 12.5 Å². The summed E-state index contributed by atoms with van der Waals surface area (Å²) >= 11 is 0. The van der Waals surface area contributed by atoms with Crippen molar-refractivity contribution < 1.29 is 18.0 Å². The third-order valence-corrected chi connectivity index (χ3v) is 6.09. The first-order valence-corrected chi connectivity index (χ1v) is 11.5. The second-order valence-electron chi connectivity index (χ2n) is 7.31. The average molecular weight is 432 g/mol. The van der Waals surface area contributed by atoms with E-state index in [4.69, 9.17) is 0 Å². The normalized spacial score (nSPS) is 12.2. The van der Waals surface area contributed by atoms with Crippen LogP contribution in [0.5, 0.6) is 0 Å². The molecule has 8 heteroatoms. The number of aryl methyl sites for hydroxylation is 2. The van der Waals surface area contributed by atoms with E-state index in [0.29, 0.717) is 5.69 Å². The number of hydrogen-bond acceptors (Lipinski definition) is 4. The van der Waals surface area contributed by atoms with Crippen LogP contribution in [-0.2, 0) is 26.2 Å². The van der Waals surface area contributed by atoms with Crippen molar-refractivity contribution in [3.8, 4) is 0 Å². The van der Waals surface area contributed by atoms with E-state index in [2.05, 4.69) is 5.32 Å². The van der Waals surface area contributed by atoms with Gasteiger partial charge in [-0.3, -0.25) is 13.9 Å². The van der Waals surface area contributed by atoms with Crippen LogP contribution >= 0.6 is 0 Å². The number of para-hydroxylation sites is 1. The van der Waals surface area contributed by atoms with Crippen LogP contribution in [0.25, 0.3) is 0 Å². The number of sulfonamides is 1. The Bertz CT molecular complexity index is 986. The molecule has 1 unspecified atom stereocenters. The zero-order chi connectivity index (χ0) is 22.5. The molecule has 162 valence electrons. The number of carbonyl (C=O) groups is 2. The molecule has 0 aliphatic heterocycles. The second-order valence-corrected chi connectivity index (χ2v) is 9.21. The maximum atomic E-state index is 13.3. The quantitative estimate of drug-likeness (QED) is 0.694. The summed E-state index contributed by atoms with van der Waals surface area (Å²) in [5.41, 5.74) is 2.84. The molecule has 0 saturated heterocycles. The molecule has 0 fully saturated rings. The molecular weight excluding hydrogens is 402 g/mol. The maximum absolute atomic E-state index is 13.3. The van der Waals surface area contributed by atoms with Crippen molar-refractivity contribution in [3.63, 3.8) is 0 Å². The van der Waals surface area contributed by atoms with Crippen LogP contribution in [0.1, 0.15) is 23.6 Å². The first kappa shape index (κ1) is 23.4. The van der Waals surface area contributed by atoms with Crippen molar-refractivity contribution in [2.24, 2.45) is 0 Å². The van der Waals surface area contributed by atoms with E-state index in [1.807, 2.05) is 36.4 Å². The lowest BCUT2D eigenvalue weighted by Gasteiger charge is -2.32. The molecule has 2 aromatic carbocycles. The molecule has 2 aromatic rings. The molecule has 2 rings (SSSR count). The van der Waals surface area contributed by atoms with E-state index in [0.717, 1.165) is 27.3 Å². The van der Waals surface area contributed by atoms with E-state index in [9.17, 15) is 18.0 Å². The van der Waals surface area contributed by atoms with Crippen LogP contribution in [0.4, 0.5) is 5.69 Å². The summed E-state index contributed by atoms with van der Waals surface area (Å²) in [6.45, 7) is 5.04.